The van der Waals surface area contributed by atoms with E-state index in [1.807, 2.05) is 24.3 Å². The first-order valence-electron chi connectivity index (χ1n) is 7.46. The van der Waals surface area contributed by atoms with E-state index in [-0.39, 0.29) is 24.1 Å². The molecule has 124 valence electrons. The highest BCUT2D eigenvalue weighted by Gasteiger charge is 2.16. The van der Waals surface area contributed by atoms with Gasteiger partial charge in [0.1, 0.15) is 0 Å². The molecule has 0 fully saturated rings. The van der Waals surface area contributed by atoms with Gasteiger partial charge in [-0.1, -0.05) is 23.9 Å². The number of carbonyl (C=O) groups excluding carboxylic acids is 2. The third-order valence-corrected chi connectivity index (χ3v) is 4.52. The normalized spacial score (nSPS) is 10.8. The fraction of sp³-hybridized carbons (Fsp3) is 0.438. The number of fused-ring (bicyclic) bond motifs is 1. The van der Waals surface area contributed by atoms with Crippen LogP contribution >= 0.6 is 11.8 Å². The molecule has 1 aromatic heterocycles. The van der Waals surface area contributed by atoms with E-state index in [0.717, 1.165) is 22.7 Å². The van der Waals surface area contributed by atoms with Gasteiger partial charge >= 0.3 is 0 Å². The van der Waals surface area contributed by atoms with E-state index in [0.29, 0.717) is 0 Å². The Morgan fingerprint density at radius 2 is 1.87 bits per heavy atom. The zero-order chi connectivity index (χ0) is 17.0. The maximum Gasteiger partial charge on any atom is 0.241 e. The van der Waals surface area contributed by atoms with Crippen LogP contribution in [0.3, 0.4) is 0 Å². The molecule has 1 heterocycles. The minimum atomic E-state index is -0.0911. The van der Waals surface area contributed by atoms with Gasteiger partial charge in [0.25, 0.3) is 0 Å². The number of hydrogen-bond acceptors (Lipinski definition) is 4. The van der Waals surface area contributed by atoms with Crippen LogP contribution in [0.5, 0.6) is 0 Å². The molecular formula is C16H22N4O2S. The number of hydrogen-bond donors (Lipinski definition) is 0. The number of para-hydroxylation sites is 2. The molecule has 23 heavy (non-hydrogen) atoms. The van der Waals surface area contributed by atoms with Gasteiger partial charge in [-0.2, -0.15) is 0 Å². The van der Waals surface area contributed by atoms with Gasteiger partial charge in [-0.3, -0.25) is 9.59 Å². The van der Waals surface area contributed by atoms with Crippen LogP contribution in [0.1, 0.15) is 6.92 Å². The third kappa shape index (κ3) is 4.04. The Morgan fingerprint density at radius 3 is 2.52 bits per heavy atom. The molecule has 0 atom stereocenters. The van der Waals surface area contributed by atoms with Crippen molar-refractivity contribution in [2.24, 2.45) is 0 Å². The summed E-state index contributed by atoms with van der Waals surface area (Å²) >= 11 is 1.41. The second-order valence-electron chi connectivity index (χ2n) is 5.45. The topological polar surface area (TPSA) is 58.4 Å². The molecule has 0 spiro atoms. The standard InChI is InChI=1S/C16H22N4O2S/c1-5-20-13-9-7-6-8-12(13)17-16(20)23-11-15(22)19(4)10-14(21)18(2)3/h6-9H,5,10-11H2,1-4H3. The fourth-order valence-corrected chi connectivity index (χ4v) is 3.16. The summed E-state index contributed by atoms with van der Waals surface area (Å²) < 4.78 is 2.10. The number of nitrogens with zero attached hydrogens (tertiary/aromatic N) is 4. The van der Waals surface area contributed by atoms with Crippen molar-refractivity contribution in [3.8, 4) is 0 Å². The molecular weight excluding hydrogens is 312 g/mol. The summed E-state index contributed by atoms with van der Waals surface area (Å²) in [7, 11) is 5.01. The predicted octanol–water partition coefficient (Wildman–Crippen LogP) is 1.69. The summed E-state index contributed by atoms with van der Waals surface area (Å²) in [5, 5.41) is 0.828. The summed E-state index contributed by atoms with van der Waals surface area (Å²) in [5.74, 6) is 0.0899. The van der Waals surface area contributed by atoms with Crippen LogP contribution in [0.4, 0.5) is 0 Å². The van der Waals surface area contributed by atoms with E-state index in [1.165, 1.54) is 21.6 Å². The maximum atomic E-state index is 12.2. The van der Waals surface area contributed by atoms with Crippen LogP contribution in [0.15, 0.2) is 29.4 Å². The van der Waals surface area contributed by atoms with E-state index >= 15 is 0 Å². The minimum Gasteiger partial charge on any atom is -0.347 e. The second kappa shape index (κ2) is 7.50. The average molecular weight is 334 g/mol. The molecule has 6 nitrogen and oxygen atoms in total. The molecule has 0 aliphatic carbocycles. The van der Waals surface area contributed by atoms with E-state index in [4.69, 9.17) is 0 Å². The van der Waals surface area contributed by atoms with Crippen LogP contribution in [0, 0.1) is 0 Å². The lowest BCUT2D eigenvalue weighted by Crippen LogP contribution is -2.38. The SMILES string of the molecule is CCn1c(SCC(=O)N(C)CC(=O)N(C)C)nc2ccccc21. The number of benzene rings is 1. The van der Waals surface area contributed by atoms with Gasteiger partial charge in [0.05, 0.1) is 23.3 Å². The quantitative estimate of drug-likeness (QED) is 0.755. The fourth-order valence-electron chi connectivity index (χ4n) is 2.14. The lowest BCUT2D eigenvalue weighted by atomic mass is 10.3. The Labute approximate surface area is 140 Å². The van der Waals surface area contributed by atoms with Gasteiger partial charge < -0.3 is 14.4 Å². The van der Waals surface area contributed by atoms with Crippen molar-refractivity contribution < 1.29 is 9.59 Å². The van der Waals surface area contributed by atoms with Crippen molar-refractivity contribution >= 4 is 34.6 Å². The van der Waals surface area contributed by atoms with Crippen molar-refractivity contribution in [3.63, 3.8) is 0 Å². The Morgan fingerprint density at radius 1 is 1.17 bits per heavy atom. The zero-order valence-electron chi connectivity index (χ0n) is 13.9. The van der Waals surface area contributed by atoms with Crippen LogP contribution in [0.25, 0.3) is 11.0 Å². The van der Waals surface area contributed by atoms with Crippen LogP contribution in [-0.2, 0) is 16.1 Å². The molecule has 0 saturated heterocycles. The van der Waals surface area contributed by atoms with Crippen molar-refractivity contribution in [2.45, 2.75) is 18.6 Å². The third-order valence-electron chi connectivity index (χ3n) is 3.56. The van der Waals surface area contributed by atoms with E-state index < -0.39 is 0 Å². The number of amides is 2. The van der Waals surface area contributed by atoms with Crippen LogP contribution in [0.2, 0.25) is 0 Å². The molecule has 0 aliphatic rings. The lowest BCUT2D eigenvalue weighted by Gasteiger charge is -2.19. The zero-order valence-corrected chi connectivity index (χ0v) is 14.8. The highest BCUT2D eigenvalue weighted by molar-refractivity contribution is 7.99. The summed E-state index contributed by atoms with van der Waals surface area (Å²) in [4.78, 5) is 31.4. The molecule has 2 aromatic rings. The van der Waals surface area contributed by atoms with Crippen molar-refractivity contribution in [1.82, 2.24) is 19.4 Å². The number of thioether (sulfide) groups is 1. The van der Waals surface area contributed by atoms with E-state index in [2.05, 4.69) is 16.5 Å². The summed E-state index contributed by atoms with van der Waals surface area (Å²) in [6, 6.07) is 7.93. The smallest absolute Gasteiger partial charge is 0.241 e. The van der Waals surface area contributed by atoms with Crippen molar-refractivity contribution in [1.29, 1.82) is 0 Å². The molecule has 1 aromatic carbocycles. The van der Waals surface area contributed by atoms with Gasteiger partial charge in [-0.25, -0.2) is 4.98 Å². The van der Waals surface area contributed by atoms with E-state index in [1.54, 1.807) is 21.1 Å². The summed E-state index contributed by atoms with van der Waals surface area (Å²) in [6.07, 6.45) is 0. The number of carbonyl (C=O) groups is 2. The van der Waals surface area contributed by atoms with Gasteiger partial charge in [-0.15, -0.1) is 0 Å². The first kappa shape index (κ1) is 17.3. The first-order chi connectivity index (χ1) is 10.9. The number of rotatable bonds is 6. The van der Waals surface area contributed by atoms with Crippen molar-refractivity contribution in [2.75, 3.05) is 33.4 Å². The summed E-state index contributed by atoms with van der Waals surface area (Å²) in [5.41, 5.74) is 2.00. The molecule has 0 N–H and O–H groups in total. The molecule has 0 radical (unpaired) electrons. The summed E-state index contributed by atoms with van der Waals surface area (Å²) in [6.45, 7) is 2.95. The molecule has 0 bridgehead atoms. The number of likely N-dealkylation sites (N-methyl/N-ethyl adjacent to an activating group) is 2. The van der Waals surface area contributed by atoms with Gasteiger partial charge in [0.15, 0.2) is 5.16 Å². The highest BCUT2D eigenvalue weighted by Crippen LogP contribution is 2.24. The van der Waals surface area contributed by atoms with E-state index in [9.17, 15) is 9.59 Å². The van der Waals surface area contributed by atoms with Crippen LogP contribution < -0.4 is 0 Å². The molecule has 0 unspecified atom stereocenters. The Balaban J connectivity index is 2.03. The molecule has 2 rings (SSSR count). The number of aromatic nitrogens is 2. The van der Waals surface area contributed by atoms with Gasteiger partial charge in [0.2, 0.25) is 11.8 Å². The first-order valence-corrected chi connectivity index (χ1v) is 8.44. The molecule has 0 aliphatic heterocycles. The largest absolute Gasteiger partial charge is 0.347 e. The monoisotopic (exact) mass is 334 g/mol. The highest BCUT2D eigenvalue weighted by atomic mass is 32.2. The maximum absolute atomic E-state index is 12.2. The van der Waals surface area contributed by atoms with Gasteiger partial charge in [0, 0.05) is 27.7 Å². The molecule has 0 saturated carbocycles. The lowest BCUT2D eigenvalue weighted by molar-refractivity contribution is -0.136. The predicted molar refractivity (Wildman–Crippen MR) is 92.5 cm³/mol. The molecule has 2 amide bonds. The van der Waals surface area contributed by atoms with Gasteiger partial charge in [-0.05, 0) is 19.1 Å². The average Bonchev–Trinajstić information content (AvgIpc) is 2.89. The minimum absolute atomic E-state index is 0.0834. The Hall–Kier alpha value is -2.02. The second-order valence-corrected chi connectivity index (χ2v) is 6.40. The number of imidazole rings is 1. The van der Waals surface area contributed by atoms with Crippen molar-refractivity contribution in [3.05, 3.63) is 24.3 Å². The van der Waals surface area contributed by atoms with Crippen LogP contribution in [-0.4, -0.2) is 64.6 Å². The molecule has 7 heteroatoms. The number of aryl methyl sites for hydroxylation is 1. The Bertz CT molecular complexity index is 711. The Kier molecular flexibility index (Phi) is 5.65.